The van der Waals surface area contributed by atoms with Gasteiger partial charge < -0.3 is 16.0 Å². The van der Waals surface area contributed by atoms with Crippen molar-refractivity contribution in [1.82, 2.24) is 15.3 Å². The Bertz CT molecular complexity index is 931. The van der Waals surface area contributed by atoms with Crippen molar-refractivity contribution >= 4 is 38.0 Å². The van der Waals surface area contributed by atoms with Crippen molar-refractivity contribution in [3.63, 3.8) is 0 Å². The van der Waals surface area contributed by atoms with Crippen molar-refractivity contribution in [2.45, 2.75) is 12.8 Å². The molecule has 0 amide bonds. The topological polar surface area (TPSA) is 84.1 Å². The second-order valence-corrected chi connectivity index (χ2v) is 7.47. The Morgan fingerprint density at radius 2 is 2.19 bits per heavy atom. The normalized spacial score (nSPS) is 15.2. The highest BCUT2D eigenvalue weighted by Gasteiger charge is 2.21. The predicted octanol–water partition coefficient (Wildman–Crippen LogP) is 2.50. The SMILES string of the molecule is Nc1sc2cccnc2c1C(=O)Cc1cnccc1N1CCCNCC1. The van der Waals surface area contributed by atoms with Crippen LogP contribution in [0.5, 0.6) is 0 Å². The Balaban J connectivity index is 1.65. The zero-order valence-electron chi connectivity index (χ0n) is 14.4. The Morgan fingerprint density at radius 3 is 3.12 bits per heavy atom. The molecule has 134 valence electrons. The van der Waals surface area contributed by atoms with Gasteiger partial charge in [0.2, 0.25) is 0 Å². The van der Waals surface area contributed by atoms with Crippen molar-refractivity contribution in [3.05, 3.63) is 47.9 Å². The standard InChI is InChI=1S/C19H21N5OS/c20-19-17(18-16(26-19)3-1-6-23-18)15(25)11-13-12-22-7-4-14(13)24-9-2-5-21-8-10-24/h1,3-4,6-7,12,21H,2,5,8-11,20H2. The lowest BCUT2D eigenvalue weighted by molar-refractivity contribution is 0.0995. The number of pyridine rings is 2. The van der Waals surface area contributed by atoms with Gasteiger partial charge in [0.05, 0.1) is 20.8 Å². The van der Waals surface area contributed by atoms with E-state index in [0.717, 1.165) is 48.6 Å². The molecule has 0 aromatic carbocycles. The van der Waals surface area contributed by atoms with E-state index in [4.69, 9.17) is 5.73 Å². The molecule has 4 rings (SSSR count). The minimum Gasteiger partial charge on any atom is -0.390 e. The van der Waals surface area contributed by atoms with Crippen LogP contribution in [-0.4, -0.2) is 41.9 Å². The fraction of sp³-hybridized carbons (Fsp3) is 0.316. The van der Waals surface area contributed by atoms with Gasteiger partial charge in [0, 0.05) is 55.9 Å². The van der Waals surface area contributed by atoms with Crippen molar-refractivity contribution in [1.29, 1.82) is 0 Å². The summed E-state index contributed by atoms with van der Waals surface area (Å²) in [4.78, 5) is 24.0. The number of nitrogens with two attached hydrogens (primary N) is 1. The van der Waals surface area contributed by atoms with E-state index in [1.807, 2.05) is 18.2 Å². The first-order chi connectivity index (χ1) is 12.7. The second-order valence-electron chi connectivity index (χ2n) is 6.39. The number of anilines is 2. The Morgan fingerprint density at radius 1 is 1.27 bits per heavy atom. The number of aromatic nitrogens is 2. The highest BCUT2D eigenvalue weighted by molar-refractivity contribution is 7.23. The van der Waals surface area contributed by atoms with Crippen LogP contribution in [-0.2, 0) is 6.42 Å². The van der Waals surface area contributed by atoms with E-state index in [9.17, 15) is 4.79 Å². The van der Waals surface area contributed by atoms with Gasteiger partial charge in [-0.25, -0.2) is 0 Å². The van der Waals surface area contributed by atoms with E-state index in [0.29, 0.717) is 16.1 Å². The first-order valence-corrected chi connectivity index (χ1v) is 9.60. The largest absolute Gasteiger partial charge is 0.390 e. The molecule has 4 heterocycles. The van der Waals surface area contributed by atoms with E-state index >= 15 is 0 Å². The van der Waals surface area contributed by atoms with Crippen LogP contribution >= 0.6 is 11.3 Å². The summed E-state index contributed by atoms with van der Waals surface area (Å²) in [5.41, 5.74) is 9.40. The van der Waals surface area contributed by atoms with Crippen LogP contribution in [0.15, 0.2) is 36.8 Å². The molecule has 6 nitrogen and oxygen atoms in total. The van der Waals surface area contributed by atoms with Crippen molar-refractivity contribution in [3.8, 4) is 0 Å². The number of hydrogen-bond donors (Lipinski definition) is 2. The molecule has 0 saturated carbocycles. The summed E-state index contributed by atoms with van der Waals surface area (Å²) in [7, 11) is 0. The van der Waals surface area contributed by atoms with Gasteiger partial charge in [-0.2, -0.15) is 0 Å². The fourth-order valence-corrected chi connectivity index (χ4v) is 4.38. The zero-order chi connectivity index (χ0) is 17.9. The lowest BCUT2D eigenvalue weighted by Gasteiger charge is -2.24. The van der Waals surface area contributed by atoms with E-state index in [1.165, 1.54) is 11.3 Å². The number of nitrogens with one attached hydrogen (secondary N) is 1. The lowest BCUT2D eigenvalue weighted by atomic mass is 10.0. The van der Waals surface area contributed by atoms with Crippen molar-refractivity contribution in [2.24, 2.45) is 0 Å². The van der Waals surface area contributed by atoms with Crippen LogP contribution in [0.3, 0.4) is 0 Å². The molecule has 3 aromatic heterocycles. The maximum absolute atomic E-state index is 13.0. The summed E-state index contributed by atoms with van der Waals surface area (Å²) in [5.74, 6) is -0.00496. The summed E-state index contributed by atoms with van der Waals surface area (Å²) >= 11 is 1.41. The molecule has 1 fully saturated rings. The molecule has 0 spiro atoms. The molecule has 0 unspecified atom stereocenters. The number of Topliss-reactive ketones (excluding diaryl/α,β-unsaturated/α-hetero) is 1. The van der Waals surface area contributed by atoms with Gasteiger partial charge in [0.25, 0.3) is 0 Å². The lowest BCUT2D eigenvalue weighted by Crippen LogP contribution is -2.29. The Hall–Kier alpha value is -2.51. The van der Waals surface area contributed by atoms with Crippen LogP contribution < -0.4 is 16.0 Å². The minimum absolute atomic E-state index is 0.00496. The number of hydrogen-bond acceptors (Lipinski definition) is 7. The van der Waals surface area contributed by atoms with Gasteiger partial charge in [-0.15, -0.1) is 11.3 Å². The molecule has 1 aliphatic heterocycles. The third-order valence-corrected chi connectivity index (χ3v) is 5.64. The first kappa shape index (κ1) is 16.9. The summed E-state index contributed by atoms with van der Waals surface area (Å²) in [5, 5.41) is 3.94. The van der Waals surface area contributed by atoms with E-state index in [-0.39, 0.29) is 12.2 Å². The molecule has 0 atom stereocenters. The number of carbonyl (C=O) groups is 1. The molecular weight excluding hydrogens is 346 g/mol. The molecule has 0 aliphatic carbocycles. The van der Waals surface area contributed by atoms with Gasteiger partial charge in [-0.05, 0) is 31.2 Å². The maximum Gasteiger partial charge on any atom is 0.172 e. The number of rotatable bonds is 4. The third kappa shape index (κ3) is 3.27. The molecule has 3 N–H and O–H groups in total. The highest BCUT2D eigenvalue weighted by Crippen LogP contribution is 2.33. The summed E-state index contributed by atoms with van der Waals surface area (Å²) < 4.78 is 0.943. The number of carbonyl (C=O) groups excluding carboxylic acids is 1. The molecule has 7 heteroatoms. The van der Waals surface area contributed by atoms with Gasteiger partial charge >= 0.3 is 0 Å². The van der Waals surface area contributed by atoms with E-state index in [2.05, 4.69) is 20.2 Å². The summed E-state index contributed by atoms with van der Waals surface area (Å²) in [6.45, 7) is 3.88. The van der Waals surface area contributed by atoms with E-state index in [1.54, 1.807) is 18.6 Å². The van der Waals surface area contributed by atoms with E-state index < -0.39 is 0 Å². The Labute approximate surface area is 156 Å². The van der Waals surface area contributed by atoms with Crippen molar-refractivity contribution in [2.75, 3.05) is 36.8 Å². The molecule has 0 radical (unpaired) electrons. The summed E-state index contributed by atoms with van der Waals surface area (Å²) in [6.07, 6.45) is 6.65. The van der Waals surface area contributed by atoms with Gasteiger partial charge in [-0.1, -0.05) is 0 Å². The quantitative estimate of drug-likeness (QED) is 0.689. The van der Waals surface area contributed by atoms with Crippen LogP contribution in [0.4, 0.5) is 10.7 Å². The Kier molecular flexibility index (Phi) is 4.81. The smallest absolute Gasteiger partial charge is 0.172 e. The van der Waals surface area contributed by atoms with Crippen LogP contribution in [0.2, 0.25) is 0 Å². The molecule has 1 aliphatic rings. The van der Waals surface area contributed by atoms with Crippen LogP contribution in [0, 0.1) is 0 Å². The third-order valence-electron chi connectivity index (χ3n) is 4.66. The zero-order valence-corrected chi connectivity index (χ0v) is 15.3. The maximum atomic E-state index is 13.0. The molecule has 3 aromatic rings. The second kappa shape index (κ2) is 7.39. The minimum atomic E-state index is -0.00496. The average Bonchev–Trinajstić information content (AvgIpc) is 2.81. The van der Waals surface area contributed by atoms with Crippen LogP contribution in [0.25, 0.3) is 10.2 Å². The first-order valence-electron chi connectivity index (χ1n) is 8.79. The number of nitrogens with zero attached hydrogens (tertiary/aromatic N) is 3. The molecule has 0 bridgehead atoms. The summed E-state index contributed by atoms with van der Waals surface area (Å²) in [6, 6.07) is 5.81. The predicted molar refractivity (Wildman–Crippen MR) is 106 cm³/mol. The van der Waals surface area contributed by atoms with Gasteiger partial charge in [0.1, 0.15) is 0 Å². The molecule has 1 saturated heterocycles. The number of ketones is 1. The van der Waals surface area contributed by atoms with Crippen molar-refractivity contribution < 1.29 is 4.79 Å². The van der Waals surface area contributed by atoms with Gasteiger partial charge in [-0.3, -0.25) is 14.8 Å². The number of nitrogen functional groups attached to an aromatic ring is 1. The van der Waals surface area contributed by atoms with Crippen LogP contribution in [0.1, 0.15) is 22.3 Å². The number of thiophene rings is 1. The monoisotopic (exact) mass is 367 g/mol. The molecule has 26 heavy (non-hydrogen) atoms. The highest BCUT2D eigenvalue weighted by atomic mass is 32.1. The average molecular weight is 367 g/mol. The fourth-order valence-electron chi connectivity index (χ4n) is 3.43. The number of fused-ring (bicyclic) bond motifs is 1. The molecular formula is C19H21N5OS. The van der Waals surface area contributed by atoms with Gasteiger partial charge in [0.15, 0.2) is 5.78 Å².